The molecular weight excluding hydrogens is 358 g/mol. The van der Waals surface area contributed by atoms with Crippen LogP contribution in [-0.2, 0) is 14.6 Å². The third kappa shape index (κ3) is 4.89. The third-order valence-electron chi connectivity index (χ3n) is 4.77. The number of aromatic nitrogens is 2. The molecule has 1 atom stereocenters. The minimum Gasteiger partial charge on any atom is -0.379 e. The molecule has 0 spiro atoms. The van der Waals surface area contributed by atoms with Gasteiger partial charge in [0, 0.05) is 45.5 Å². The van der Waals surface area contributed by atoms with Crippen LogP contribution < -0.4 is 5.32 Å². The summed E-state index contributed by atoms with van der Waals surface area (Å²) in [6.45, 7) is 4.86. The van der Waals surface area contributed by atoms with Crippen LogP contribution in [0.5, 0.6) is 0 Å². The maximum atomic E-state index is 12.6. The highest BCUT2D eigenvalue weighted by Crippen LogP contribution is 2.18. The number of nitrogens with zero attached hydrogens (tertiary/aromatic N) is 4. The number of anilines is 1. The van der Waals surface area contributed by atoms with Crippen molar-refractivity contribution in [1.29, 1.82) is 0 Å². The fourth-order valence-electron chi connectivity index (χ4n) is 3.14. The van der Waals surface area contributed by atoms with Gasteiger partial charge in [0.05, 0.1) is 24.7 Å². The monoisotopic (exact) mass is 383 g/mol. The minimum absolute atomic E-state index is 0.0188. The first-order chi connectivity index (χ1) is 12.4. The number of sulfone groups is 1. The second-order valence-corrected chi connectivity index (χ2v) is 8.85. The van der Waals surface area contributed by atoms with E-state index >= 15 is 0 Å². The fourth-order valence-corrected chi connectivity index (χ4v) is 4.92. The van der Waals surface area contributed by atoms with Gasteiger partial charge in [-0.25, -0.2) is 18.4 Å². The summed E-state index contributed by atoms with van der Waals surface area (Å²) in [5.41, 5.74) is 0.265. The molecule has 2 fully saturated rings. The van der Waals surface area contributed by atoms with E-state index in [-0.39, 0.29) is 29.1 Å². The van der Waals surface area contributed by atoms with Crippen molar-refractivity contribution >= 4 is 21.7 Å². The molecule has 9 nitrogen and oxygen atoms in total. The molecule has 0 aromatic carbocycles. The quantitative estimate of drug-likeness (QED) is 0.700. The SMILES string of the molecule is CN(C(=O)c1ccnc(NCCN2CCOCC2)n1)C1CCS(=O)(=O)C1. The van der Waals surface area contributed by atoms with Gasteiger partial charge in [0.2, 0.25) is 5.95 Å². The molecule has 0 aliphatic carbocycles. The first-order valence-corrected chi connectivity index (χ1v) is 10.6. The lowest BCUT2D eigenvalue weighted by Crippen LogP contribution is -2.39. The highest BCUT2D eigenvalue weighted by molar-refractivity contribution is 7.91. The number of hydrogen-bond donors (Lipinski definition) is 1. The van der Waals surface area contributed by atoms with Gasteiger partial charge in [-0.05, 0) is 12.5 Å². The maximum absolute atomic E-state index is 12.6. The van der Waals surface area contributed by atoms with Crippen molar-refractivity contribution < 1.29 is 17.9 Å². The molecule has 144 valence electrons. The van der Waals surface area contributed by atoms with Gasteiger partial charge in [0.15, 0.2) is 9.84 Å². The molecule has 1 N–H and O–H groups in total. The molecule has 2 aliphatic rings. The summed E-state index contributed by atoms with van der Waals surface area (Å²) in [4.78, 5) is 24.8. The van der Waals surface area contributed by atoms with Gasteiger partial charge in [0.1, 0.15) is 5.69 Å². The van der Waals surface area contributed by atoms with Crippen molar-refractivity contribution in [2.24, 2.45) is 0 Å². The Morgan fingerprint density at radius 1 is 1.42 bits per heavy atom. The van der Waals surface area contributed by atoms with Gasteiger partial charge in [-0.2, -0.15) is 0 Å². The highest BCUT2D eigenvalue weighted by Gasteiger charge is 2.33. The standard InChI is InChI=1S/C16H25N5O4S/c1-20(13-3-11-26(23,24)12-13)15(22)14-2-4-17-16(19-14)18-5-6-21-7-9-25-10-8-21/h2,4,13H,3,5-12H2,1H3,(H,17,18,19). The smallest absolute Gasteiger partial charge is 0.272 e. The van der Waals surface area contributed by atoms with E-state index in [0.717, 1.165) is 32.8 Å². The van der Waals surface area contributed by atoms with Crippen LogP contribution in [0, 0.1) is 0 Å². The topological polar surface area (TPSA) is 105 Å². The lowest BCUT2D eigenvalue weighted by atomic mass is 10.2. The number of carbonyl (C=O) groups is 1. The number of nitrogens with one attached hydrogen (secondary N) is 1. The van der Waals surface area contributed by atoms with E-state index < -0.39 is 9.84 Å². The van der Waals surface area contributed by atoms with Crippen LogP contribution in [0.15, 0.2) is 12.3 Å². The van der Waals surface area contributed by atoms with Gasteiger partial charge in [-0.1, -0.05) is 0 Å². The van der Waals surface area contributed by atoms with Crippen LogP contribution in [-0.4, -0.2) is 98.1 Å². The molecule has 10 heteroatoms. The lowest BCUT2D eigenvalue weighted by Gasteiger charge is -2.26. The first-order valence-electron chi connectivity index (χ1n) is 8.79. The summed E-state index contributed by atoms with van der Waals surface area (Å²) < 4.78 is 28.6. The Hall–Kier alpha value is -1.78. The summed E-state index contributed by atoms with van der Waals surface area (Å²) in [6, 6.07) is 1.26. The summed E-state index contributed by atoms with van der Waals surface area (Å²) >= 11 is 0. The van der Waals surface area contributed by atoms with E-state index in [1.807, 2.05) is 0 Å². The first kappa shape index (κ1) is 19.0. The van der Waals surface area contributed by atoms with Crippen LogP contribution in [0.1, 0.15) is 16.9 Å². The van der Waals surface area contributed by atoms with E-state index in [1.54, 1.807) is 13.1 Å². The maximum Gasteiger partial charge on any atom is 0.272 e. The molecule has 26 heavy (non-hydrogen) atoms. The summed E-state index contributed by atoms with van der Waals surface area (Å²) in [5, 5.41) is 3.14. The highest BCUT2D eigenvalue weighted by atomic mass is 32.2. The van der Waals surface area contributed by atoms with Gasteiger partial charge in [0.25, 0.3) is 5.91 Å². The van der Waals surface area contributed by atoms with E-state index in [0.29, 0.717) is 18.9 Å². The number of carbonyl (C=O) groups excluding carboxylic acids is 1. The Kier molecular flexibility index (Phi) is 6.05. The molecular formula is C16H25N5O4S. The molecule has 1 aromatic rings. The van der Waals surface area contributed by atoms with E-state index in [9.17, 15) is 13.2 Å². The number of amides is 1. The second-order valence-electron chi connectivity index (χ2n) is 6.62. The molecule has 0 radical (unpaired) electrons. The zero-order valence-electron chi connectivity index (χ0n) is 14.9. The zero-order valence-corrected chi connectivity index (χ0v) is 15.7. The van der Waals surface area contributed by atoms with Crippen LogP contribution in [0.2, 0.25) is 0 Å². The lowest BCUT2D eigenvalue weighted by molar-refractivity contribution is 0.0398. The van der Waals surface area contributed by atoms with E-state index in [2.05, 4.69) is 20.2 Å². The van der Waals surface area contributed by atoms with Crippen molar-refractivity contribution in [1.82, 2.24) is 19.8 Å². The van der Waals surface area contributed by atoms with Crippen molar-refractivity contribution in [2.45, 2.75) is 12.5 Å². The minimum atomic E-state index is -3.04. The number of rotatable bonds is 6. The average molecular weight is 383 g/mol. The zero-order chi connectivity index (χ0) is 18.6. The molecule has 0 bridgehead atoms. The molecule has 1 aromatic heterocycles. The number of ether oxygens (including phenoxy) is 1. The Balaban J connectivity index is 1.55. The van der Waals surface area contributed by atoms with E-state index in [1.165, 1.54) is 11.1 Å². The molecule has 2 aliphatic heterocycles. The Labute approximate surface area is 153 Å². The molecule has 2 saturated heterocycles. The van der Waals surface area contributed by atoms with Crippen molar-refractivity contribution in [3.63, 3.8) is 0 Å². The molecule has 3 rings (SSSR count). The van der Waals surface area contributed by atoms with Crippen LogP contribution in [0.3, 0.4) is 0 Å². The number of hydrogen-bond acceptors (Lipinski definition) is 8. The van der Waals surface area contributed by atoms with Gasteiger partial charge in [-0.3, -0.25) is 9.69 Å². The van der Waals surface area contributed by atoms with Crippen molar-refractivity contribution in [3.8, 4) is 0 Å². The van der Waals surface area contributed by atoms with Crippen LogP contribution in [0.25, 0.3) is 0 Å². The average Bonchev–Trinajstić information content (AvgIpc) is 3.01. The molecule has 0 saturated carbocycles. The normalized spacial score (nSPS) is 22.9. The summed E-state index contributed by atoms with van der Waals surface area (Å²) in [7, 11) is -1.41. The molecule has 3 heterocycles. The van der Waals surface area contributed by atoms with Gasteiger partial charge >= 0.3 is 0 Å². The molecule has 1 unspecified atom stereocenters. The Morgan fingerprint density at radius 3 is 2.88 bits per heavy atom. The van der Waals surface area contributed by atoms with Crippen LogP contribution >= 0.6 is 0 Å². The second kappa shape index (κ2) is 8.28. The fraction of sp³-hybridized carbons (Fsp3) is 0.688. The Morgan fingerprint density at radius 2 is 2.19 bits per heavy atom. The predicted molar refractivity (Wildman–Crippen MR) is 96.9 cm³/mol. The van der Waals surface area contributed by atoms with Crippen molar-refractivity contribution in [3.05, 3.63) is 18.0 Å². The third-order valence-corrected chi connectivity index (χ3v) is 6.52. The number of morpholine rings is 1. The summed E-state index contributed by atoms with van der Waals surface area (Å²) in [6.07, 6.45) is 2.01. The van der Waals surface area contributed by atoms with Gasteiger partial charge in [-0.15, -0.1) is 0 Å². The van der Waals surface area contributed by atoms with Crippen molar-refractivity contribution in [2.75, 3.05) is 63.3 Å². The molecule has 1 amide bonds. The predicted octanol–water partition coefficient (Wildman–Crippen LogP) is -0.520. The Bertz CT molecular complexity index is 736. The summed E-state index contributed by atoms with van der Waals surface area (Å²) in [5.74, 6) is 0.264. The largest absolute Gasteiger partial charge is 0.379 e. The van der Waals surface area contributed by atoms with E-state index in [4.69, 9.17) is 4.74 Å². The van der Waals surface area contributed by atoms with Gasteiger partial charge < -0.3 is 15.0 Å². The van der Waals surface area contributed by atoms with Crippen LogP contribution in [0.4, 0.5) is 5.95 Å².